The normalized spacial score (nSPS) is 24.6. The molecule has 1 aliphatic rings. The zero-order valence-electron chi connectivity index (χ0n) is 11.9. The Morgan fingerprint density at radius 2 is 1.95 bits per heavy atom. The molecule has 0 aromatic heterocycles. The van der Waals surface area contributed by atoms with Crippen LogP contribution >= 0.6 is 11.6 Å². The molecule has 110 valence electrons. The molecule has 0 N–H and O–H groups in total. The van der Waals surface area contributed by atoms with E-state index in [1.54, 1.807) is 6.07 Å². The maximum Gasteiger partial charge on any atom is 0.338 e. The largest absolute Gasteiger partial charge is 0.467 e. The lowest BCUT2D eigenvalue weighted by Crippen LogP contribution is -2.32. The van der Waals surface area contributed by atoms with Gasteiger partial charge in [-0.25, -0.2) is 4.79 Å². The van der Waals surface area contributed by atoms with Gasteiger partial charge < -0.3 is 14.2 Å². The first kappa shape index (κ1) is 15.3. The van der Waals surface area contributed by atoms with Crippen molar-refractivity contribution < 1.29 is 19.0 Å². The fourth-order valence-corrected chi connectivity index (χ4v) is 2.66. The van der Waals surface area contributed by atoms with Crippen LogP contribution in [0.15, 0.2) is 24.3 Å². The SMILES string of the molecule is CCC1(CC)O[C@H](c2ccccc2Cl)[C@H](C(=O)OC)O1. The lowest BCUT2D eigenvalue weighted by Gasteiger charge is -2.25. The highest BCUT2D eigenvalue weighted by atomic mass is 35.5. The number of ether oxygens (including phenoxy) is 3. The lowest BCUT2D eigenvalue weighted by molar-refractivity contribution is -0.187. The van der Waals surface area contributed by atoms with Crippen molar-refractivity contribution in [2.24, 2.45) is 0 Å². The zero-order chi connectivity index (χ0) is 14.8. The van der Waals surface area contributed by atoms with E-state index < -0.39 is 24.0 Å². The molecule has 0 amide bonds. The van der Waals surface area contributed by atoms with Crippen LogP contribution < -0.4 is 0 Å². The summed E-state index contributed by atoms with van der Waals surface area (Å²) in [5.74, 6) is -1.21. The Labute approximate surface area is 124 Å². The minimum atomic E-state index is -0.792. The molecule has 0 unspecified atom stereocenters. The molecule has 0 aliphatic carbocycles. The first-order chi connectivity index (χ1) is 9.56. The summed E-state index contributed by atoms with van der Waals surface area (Å²) in [4.78, 5) is 12.0. The number of hydrogen-bond donors (Lipinski definition) is 0. The Kier molecular flexibility index (Phi) is 4.68. The van der Waals surface area contributed by atoms with Crippen molar-refractivity contribution in [3.8, 4) is 0 Å². The van der Waals surface area contributed by atoms with Crippen LogP contribution in [0.3, 0.4) is 0 Å². The smallest absolute Gasteiger partial charge is 0.338 e. The van der Waals surface area contributed by atoms with Crippen molar-refractivity contribution >= 4 is 17.6 Å². The van der Waals surface area contributed by atoms with Crippen molar-refractivity contribution in [3.05, 3.63) is 34.9 Å². The minimum Gasteiger partial charge on any atom is -0.467 e. The number of esters is 1. The molecule has 5 heteroatoms. The molecule has 1 fully saturated rings. The van der Waals surface area contributed by atoms with Gasteiger partial charge in [0.15, 0.2) is 11.9 Å². The van der Waals surface area contributed by atoms with Gasteiger partial charge in [0.2, 0.25) is 0 Å². The Hall–Kier alpha value is -1.10. The summed E-state index contributed by atoms with van der Waals surface area (Å²) in [6, 6.07) is 7.30. The summed E-state index contributed by atoms with van der Waals surface area (Å²) in [5.41, 5.74) is 0.744. The molecular weight excluding hydrogens is 280 g/mol. The number of rotatable bonds is 4. The van der Waals surface area contributed by atoms with E-state index in [4.69, 9.17) is 25.8 Å². The van der Waals surface area contributed by atoms with Crippen LogP contribution in [0.2, 0.25) is 5.02 Å². The fraction of sp³-hybridized carbons (Fsp3) is 0.533. The summed E-state index contributed by atoms with van der Waals surface area (Å²) in [6.45, 7) is 3.93. The Balaban J connectivity index is 2.38. The molecule has 1 aliphatic heterocycles. The number of benzene rings is 1. The van der Waals surface area contributed by atoms with Crippen molar-refractivity contribution in [3.63, 3.8) is 0 Å². The monoisotopic (exact) mass is 298 g/mol. The van der Waals surface area contributed by atoms with Crippen molar-refractivity contribution in [1.29, 1.82) is 0 Å². The highest BCUT2D eigenvalue weighted by Gasteiger charge is 2.50. The Morgan fingerprint density at radius 3 is 2.50 bits per heavy atom. The van der Waals surface area contributed by atoms with Crippen LogP contribution in [-0.2, 0) is 19.0 Å². The number of carbonyl (C=O) groups is 1. The van der Waals surface area contributed by atoms with E-state index in [1.807, 2.05) is 32.0 Å². The average molecular weight is 299 g/mol. The van der Waals surface area contributed by atoms with Gasteiger partial charge in [-0.1, -0.05) is 43.6 Å². The molecule has 2 rings (SSSR count). The van der Waals surface area contributed by atoms with Gasteiger partial charge in [-0.05, 0) is 18.9 Å². The van der Waals surface area contributed by atoms with E-state index in [-0.39, 0.29) is 0 Å². The van der Waals surface area contributed by atoms with Gasteiger partial charge in [0.25, 0.3) is 0 Å². The third-order valence-electron chi connectivity index (χ3n) is 3.68. The van der Waals surface area contributed by atoms with E-state index in [2.05, 4.69) is 0 Å². The number of methoxy groups -OCH3 is 1. The van der Waals surface area contributed by atoms with Gasteiger partial charge in [0.05, 0.1) is 7.11 Å². The standard InChI is InChI=1S/C15H19ClO4/c1-4-15(5-2)19-12(13(20-15)14(17)18-3)10-8-6-7-9-11(10)16/h6-9,12-13H,4-5H2,1-3H3/t12-,13-/m1/s1. The van der Waals surface area contributed by atoms with Crippen LogP contribution in [0.25, 0.3) is 0 Å². The molecule has 0 spiro atoms. The van der Waals surface area contributed by atoms with Crippen LogP contribution in [0.5, 0.6) is 0 Å². The summed E-state index contributed by atoms with van der Waals surface area (Å²) in [7, 11) is 1.34. The van der Waals surface area contributed by atoms with Crippen molar-refractivity contribution in [2.45, 2.75) is 44.7 Å². The van der Waals surface area contributed by atoms with Crippen LogP contribution in [0.4, 0.5) is 0 Å². The van der Waals surface area contributed by atoms with E-state index in [0.29, 0.717) is 17.9 Å². The molecule has 1 aromatic carbocycles. The number of halogens is 1. The molecule has 0 bridgehead atoms. The molecule has 1 heterocycles. The zero-order valence-corrected chi connectivity index (χ0v) is 12.6. The predicted molar refractivity (Wildman–Crippen MR) is 75.5 cm³/mol. The first-order valence-electron chi connectivity index (χ1n) is 6.74. The van der Waals surface area contributed by atoms with Crippen LogP contribution in [-0.4, -0.2) is 25.0 Å². The second kappa shape index (κ2) is 6.12. The molecule has 2 atom stereocenters. The fourth-order valence-electron chi connectivity index (χ4n) is 2.42. The van der Waals surface area contributed by atoms with Gasteiger partial charge in [0, 0.05) is 10.6 Å². The summed E-state index contributed by atoms with van der Waals surface area (Å²) in [5, 5.41) is 0.554. The Morgan fingerprint density at radius 1 is 1.30 bits per heavy atom. The average Bonchev–Trinajstić information content (AvgIpc) is 2.87. The predicted octanol–water partition coefficient (Wildman–Crippen LogP) is 3.49. The van der Waals surface area contributed by atoms with Gasteiger partial charge >= 0.3 is 5.97 Å². The molecule has 1 saturated heterocycles. The molecule has 20 heavy (non-hydrogen) atoms. The summed E-state index contributed by atoms with van der Waals surface area (Å²) in [6.07, 6.45) is -0.0357. The van der Waals surface area contributed by atoms with E-state index in [9.17, 15) is 4.79 Å². The topological polar surface area (TPSA) is 44.8 Å². The van der Waals surface area contributed by atoms with Crippen molar-refractivity contribution in [1.82, 2.24) is 0 Å². The highest BCUT2D eigenvalue weighted by Crippen LogP contribution is 2.44. The molecular formula is C15H19ClO4. The van der Waals surface area contributed by atoms with Crippen molar-refractivity contribution in [2.75, 3.05) is 7.11 Å². The molecule has 0 saturated carbocycles. The van der Waals surface area contributed by atoms with Gasteiger partial charge in [0.1, 0.15) is 6.10 Å². The van der Waals surface area contributed by atoms with E-state index >= 15 is 0 Å². The van der Waals surface area contributed by atoms with Gasteiger partial charge in [-0.3, -0.25) is 0 Å². The third kappa shape index (κ3) is 2.68. The second-order valence-electron chi connectivity index (χ2n) is 4.74. The van der Waals surface area contributed by atoms with Crippen LogP contribution in [0, 0.1) is 0 Å². The summed E-state index contributed by atoms with van der Waals surface area (Å²) >= 11 is 6.21. The lowest BCUT2D eigenvalue weighted by atomic mass is 10.0. The molecule has 1 aromatic rings. The van der Waals surface area contributed by atoms with Gasteiger partial charge in [-0.15, -0.1) is 0 Å². The number of carbonyl (C=O) groups excluding carboxylic acids is 1. The van der Waals surface area contributed by atoms with Crippen LogP contribution in [0.1, 0.15) is 38.4 Å². The summed E-state index contributed by atoms with van der Waals surface area (Å²) < 4.78 is 16.7. The second-order valence-corrected chi connectivity index (χ2v) is 5.15. The van der Waals surface area contributed by atoms with E-state index in [1.165, 1.54) is 7.11 Å². The maximum absolute atomic E-state index is 12.0. The third-order valence-corrected chi connectivity index (χ3v) is 4.03. The quantitative estimate of drug-likeness (QED) is 0.798. The van der Waals surface area contributed by atoms with E-state index in [0.717, 1.165) is 5.56 Å². The minimum absolute atomic E-state index is 0.446. The molecule has 0 radical (unpaired) electrons. The highest BCUT2D eigenvalue weighted by molar-refractivity contribution is 6.31. The van der Waals surface area contributed by atoms with Gasteiger partial charge in [-0.2, -0.15) is 0 Å². The Bertz CT molecular complexity index is 485. The number of hydrogen-bond acceptors (Lipinski definition) is 4. The maximum atomic E-state index is 12.0. The first-order valence-corrected chi connectivity index (χ1v) is 7.12. The molecule has 4 nitrogen and oxygen atoms in total.